The highest BCUT2D eigenvalue weighted by Gasteiger charge is 2.15. The van der Waals surface area contributed by atoms with E-state index in [1.165, 1.54) is 16.3 Å². The molecular weight excluding hydrogens is 316 g/mol. The van der Waals surface area contributed by atoms with Crippen LogP contribution in [0.25, 0.3) is 21.8 Å². The van der Waals surface area contributed by atoms with Gasteiger partial charge in [-0.05, 0) is 48.4 Å². The zero-order chi connectivity index (χ0) is 16.7. The van der Waals surface area contributed by atoms with Crippen molar-refractivity contribution in [2.75, 3.05) is 0 Å². The number of benzene rings is 3. The smallest absolute Gasteiger partial charge is 0.114 e. The van der Waals surface area contributed by atoms with Gasteiger partial charge >= 0.3 is 0 Å². The van der Waals surface area contributed by atoms with E-state index in [9.17, 15) is 0 Å². The van der Waals surface area contributed by atoms with Gasteiger partial charge in [0.1, 0.15) is 5.82 Å². The highest BCUT2D eigenvalue weighted by atomic mass is 35.5. The highest BCUT2D eigenvalue weighted by molar-refractivity contribution is 6.31. The Morgan fingerprint density at radius 3 is 2.62 bits per heavy atom. The Balaban J connectivity index is 1.88. The van der Waals surface area contributed by atoms with Gasteiger partial charge in [0, 0.05) is 17.5 Å². The Bertz CT molecular complexity index is 1030. The van der Waals surface area contributed by atoms with E-state index in [-0.39, 0.29) is 0 Å². The lowest BCUT2D eigenvalue weighted by Gasteiger charge is -2.14. The van der Waals surface area contributed by atoms with E-state index < -0.39 is 0 Å². The van der Waals surface area contributed by atoms with Crippen molar-refractivity contribution in [3.05, 3.63) is 77.1 Å². The molecule has 0 N–H and O–H groups in total. The lowest BCUT2D eigenvalue weighted by atomic mass is 10.0. The van der Waals surface area contributed by atoms with Crippen molar-refractivity contribution < 1.29 is 0 Å². The molecule has 4 aromatic rings. The summed E-state index contributed by atoms with van der Waals surface area (Å²) in [6, 6.07) is 21.2. The van der Waals surface area contributed by atoms with Crippen LogP contribution >= 0.6 is 11.6 Å². The van der Waals surface area contributed by atoms with Gasteiger partial charge < -0.3 is 4.57 Å². The standard InChI is InChI=1S/C21H19ClN2/c1-14(2)24-20-13-17(22)10-11-19(20)23-21(24)12-16-8-5-7-15-6-3-4-9-18(15)16/h3-11,13-14H,12H2,1-2H3. The molecule has 0 spiro atoms. The molecule has 0 fully saturated rings. The molecule has 3 aromatic carbocycles. The monoisotopic (exact) mass is 334 g/mol. The van der Waals surface area contributed by atoms with Gasteiger partial charge in [-0.2, -0.15) is 0 Å². The summed E-state index contributed by atoms with van der Waals surface area (Å²) in [5.41, 5.74) is 3.41. The first kappa shape index (κ1) is 15.2. The Labute approximate surface area is 146 Å². The first-order valence-electron chi connectivity index (χ1n) is 8.26. The molecule has 0 atom stereocenters. The summed E-state index contributed by atoms with van der Waals surface area (Å²) < 4.78 is 2.29. The van der Waals surface area contributed by atoms with Crippen LogP contribution in [0.5, 0.6) is 0 Å². The Kier molecular flexibility index (Phi) is 3.78. The summed E-state index contributed by atoms with van der Waals surface area (Å²) in [4.78, 5) is 4.88. The largest absolute Gasteiger partial charge is 0.325 e. The number of nitrogens with zero attached hydrogens (tertiary/aromatic N) is 2. The molecule has 1 heterocycles. The number of rotatable bonds is 3. The number of aromatic nitrogens is 2. The third-order valence-corrected chi connectivity index (χ3v) is 4.70. The lowest BCUT2D eigenvalue weighted by molar-refractivity contribution is 0.592. The van der Waals surface area contributed by atoms with Crippen LogP contribution in [0.15, 0.2) is 60.7 Å². The average Bonchev–Trinajstić information content (AvgIpc) is 2.92. The van der Waals surface area contributed by atoms with E-state index in [4.69, 9.17) is 16.6 Å². The first-order chi connectivity index (χ1) is 11.6. The van der Waals surface area contributed by atoms with Crippen molar-refractivity contribution in [2.24, 2.45) is 0 Å². The lowest BCUT2D eigenvalue weighted by Crippen LogP contribution is -2.07. The molecule has 0 aliphatic carbocycles. The molecule has 0 saturated heterocycles. The zero-order valence-corrected chi connectivity index (χ0v) is 14.6. The summed E-state index contributed by atoms with van der Waals surface area (Å²) in [5.74, 6) is 1.08. The van der Waals surface area contributed by atoms with E-state index in [0.29, 0.717) is 6.04 Å². The van der Waals surface area contributed by atoms with Crippen molar-refractivity contribution in [1.82, 2.24) is 9.55 Å². The highest BCUT2D eigenvalue weighted by Crippen LogP contribution is 2.27. The Hall–Kier alpha value is -2.32. The van der Waals surface area contributed by atoms with Gasteiger partial charge in [-0.1, -0.05) is 54.1 Å². The minimum Gasteiger partial charge on any atom is -0.325 e. The van der Waals surface area contributed by atoms with Crippen LogP contribution in [0.3, 0.4) is 0 Å². The van der Waals surface area contributed by atoms with Crippen molar-refractivity contribution >= 4 is 33.4 Å². The normalized spacial score (nSPS) is 11.7. The number of hydrogen-bond donors (Lipinski definition) is 0. The summed E-state index contributed by atoms with van der Waals surface area (Å²) in [5, 5.41) is 3.31. The topological polar surface area (TPSA) is 17.8 Å². The van der Waals surface area contributed by atoms with Gasteiger partial charge in [0.15, 0.2) is 0 Å². The van der Waals surface area contributed by atoms with Crippen LogP contribution < -0.4 is 0 Å². The molecule has 24 heavy (non-hydrogen) atoms. The SMILES string of the molecule is CC(C)n1c(Cc2cccc3ccccc23)nc2ccc(Cl)cc21. The molecular formula is C21H19ClN2. The molecule has 0 radical (unpaired) electrons. The summed E-state index contributed by atoms with van der Waals surface area (Å²) in [6.07, 6.45) is 0.811. The second-order valence-corrected chi connectivity index (χ2v) is 6.88. The fraction of sp³-hybridized carbons (Fsp3) is 0.190. The number of halogens is 1. The maximum atomic E-state index is 6.20. The summed E-state index contributed by atoms with van der Waals surface area (Å²) >= 11 is 6.20. The maximum Gasteiger partial charge on any atom is 0.114 e. The van der Waals surface area contributed by atoms with Crippen molar-refractivity contribution in [1.29, 1.82) is 0 Å². The van der Waals surface area contributed by atoms with E-state index in [1.807, 2.05) is 18.2 Å². The molecule has 1 aromatic heterocycles. The molecule has 120 valence electrons. The predicted octanol–water partition coefficient (Wildman–Crippen LogP) is 6.01. The van der Waals surface area contributed by atoms with Crippen LogP contribution in [0, 0.1) is 0 Å². The molecule has 3 heteroatoms. The second-order valence-electron chi connectivity index (χ2n) is 6.44. The summed E-state index contributed by atoms with van der Waals surface area (Å²) in [7, 11) is 0. The van der Waals surface area contributed by atoms with Gasteiger partial charge in [0.2, 0.25) is 0 Å². The van der Waals surface area contributed by atoms with Gasteiger partial charge in [0.25, 0.3) is 0 Å². The fourth-order valence-electron chi connectivity index (χ4n) is 3.43. The van der Waals surface area contributed by atoms with Gasteiger partial charge in [-0.3, -0.25) is 0 Å². The second kappa shape index (κ2) is 5.95. The summed E-state index contributed by atoms with van der Waals surface area (Å²) in [6.45, 7) is 4.38. The number of imidazole rings is 1. The van der Waals surface area contributed by atoms with Crippen LogP contribution in [0.2, 0.25) is 5.02 Å². The predicted molar refractivity (Wildman–Crippen MR) is 102 cm³/mol. The van der Waals surface area contributed by atoms with E-state index in [1.54, 1.807) is 0 Å². The van der Waals surface area contributed by atoms with Crippen LogP contribution in [-0.4, -0.2) is 9.55 Å². The minimum atomic E-state index is 0.332. The molecule has 4 rings (SSSR count). The molecule has 0 aliphatic rings. The average molecular weight is 335 g/mol. The van der Waals surface area contributed by atoms with E-state index in [2.05, 4.69) is 60.9 Å². The zero-order valence-electron chi connectivity index (χ0n) is 13.8. The Morgan fingerprint density at radius 2 is 1.79 bits per heavy atom. The fourth-order valence-corrected chi connectivity index (χ4v) is 3.60. The van der Waals surface area contributed by atoms with Crippen molar-refractivity contribution in [2.45, 2.75) is 26.3 Å². The van der Waals surface area contributed by atoms with Crippen molar-refractivity contribution in [3.63, 3.8) is 0 Å². The number of fused-ring (bicyclic) bond motifs is 2. The quantitative estimate of drug-likeness (QED) is 0.448. The van der Waals surface area contributed by atoms with E-state index in [0.717, 1.165) is 28.3 Å². The van der Waals surface area contributed by atoms with Crippen LogP contribution in [0.4, 0.5) is 0 Å². The Morgan fingerprint density at radius 1 is 1.00 bits per heavy atom. The number of hydrogen-bond acceptors (Lipinski definition) is 1. The molecule has 0 aliphatic heterocycles. The maximum absolute atomic E-state index is 6.20. The third-order valence-electron chi connectivity index (χ3n) is 4.47. The third kappa shape index (κ3) is 2.57. The van der Waals surface area contributed by atoms with Gasteiger partial charge in [-0.15, -0.1) is 0 Å². The minimum absolute atomic E-state index is 0.332. The molecule has 0 unspecified atom stereocenters. The molecule has 0 saturated carbocycles. The molecule has 0 amide bonds. The molecule has 0 bridgehead atoms. The van der Waals surface area contributed by atoms with Crippen LogP contribution in [0.1, 0.15) is 31.3 Å². The van der Waals surface area contributed by atoms with Gasteiger partial charge in [-0.25, -0.2) is 4.98 Å². The van der Waals surface area contributed by atoms with Crippen molar-refractivity contribution in [3.8, 4) is 0 Å². The van der Waals surface area contributed by atoms with Crippen LogP contribution in [-0.2, 0) is 6.42 Å². The van der Waals surface area contributed by atoms with E-state index >= 15 is 0 Å². The first-order valence-corrected chi connectivity index (χ1v) is 8.64. The van der Waals surface area contributed by atoms with Gasteiger partial charge in [0.05, 0.1) is 11.0 Å². The molecule has 2 nitrogen and oxygen atoms in total.